The minimum atomic E-state index is -0.0689. The summed E-state index contributed by atoms with van der Waals surface area (Å²) in [6, 6.07) is 8.64. The summed E-state index contributed by atoms with van der Waals surface area (Å²) in [4.78, 5) is 13.5. The summed E-state index contributed by atoms with van der Waals surface area (Å²) in [5.41, 5.74) is 2.67. The van der Waals surface area contributed by atoms with Gasteiger partial charge in [0, 0.05) is 13.0 Å². The van der Waals surface area contributed by atoms with Crippen molar-refractivity contribution < 1.29 is 9.53 Å². The van der Waals surface area contributed by atoms with Gasteiger partial charge < -0.3 is 9.64 Å². The van der Waals surface area contributed by atoms with Crippen molar-refractivity contribution in [1.29, 1.82) is 0 Å². The van der Waals surface area contributed by atoms with E-state index in [9.17, 15) is 4.79 Å². The van der Waals surface area contributed by atoms with Crippen molar-refractivity contribution in [3.8, 4) is 0 Å². The standard InChI is InChI=1S/C17H27NO2/c1-4-20-17(19)11-6-5-7-12-18(3)14-16-10-8-9-15(2)13-16/h8-10,13H,4-7,11-12,14H2,1-3H3. The maximum atomic E-state index is 11.2. The van der Waals surface area contributed by atoms with Gasteiger partial charge in [-0.1, -0.05) is 36.2 Å². The zero-order valence-corrected chi connectivity index (χ0v) is 13.0. The van der Waals surface area contributed by atoms with Crippen molar-refractivity contribution in [2.45, 2.75) is 46.1 Å². The van der Waals surface area contributed by atoms with Crippen LogP contribution in [0.4, 0.5) is 0 Å². The second-order valence-corrected chi connectivity index (χ2v) is 5.34. The van der Waals surface area contributed by atoms with E-state index in [0.29, 0.717) is 13.0 Å². The van der Waals surface area contributed by atoms with Crippen LogP contribution >= 0.6 is 0 Å². The molecule has 0 saturated carbocycles. The molecular weight excluding hydrogens is 250 g/mol. The zero-order chi connectivity index (χ0) is 14.8. The van der Waals surface area contributed by atoms with Gasteiger partial charge in [-0.25, -0.2) is 0 Å². The molecule has 1 aromatic rings. The fraction of sp³-hybridized carbons (Fsp3) is 0.588. The average molecular weight is 277 g/mol. The normalized spacial score (nSPS) is 10.8. The molecule has 3 heteroatoms. The van der Waals surface area contributed by atoms with Crippen LogP contribution in [0.5, 0.6) is 0 Å². The Morgan fingerprint density at radius 1 is 1.25 bits per heavy atom. The molecule has 112 valence electrons. The molecule has 0 aliphatic rings. The molecule has 20 heavy (non-hydrogen) atoms. The third-order valence-electron chi connectivity index (χ3n) is 3.26. The predicted octanol–water partition coefficient (Wildman–Crippen LogP) is 3.55. The molecular formula is C17H27NO2. The maximum Gasteiger partial charge on any atom is 0.305 e. The quantitative estimate of drug-likeness (QED) is 0.510. The van der Waals surface area contributed by atoms with Crippen LogP contribution in [0, 0.1) is 6.92 Å². The van der Waals surface area contributed by atoms with Gasteiger partial charge in [0.2, 0.25) is 0 Å². The molecule has 0 atom stereocenters. The molecule has 0 N–H and O–H groups in total. The van der Waals surface area contributed by atoms with E-state index >= 15 is 0 Å². The van der Waals surface area contributed by atoms with Crippen molar-refractivity contribution in [3.05, 3.63) is 35.4 Å². The SMILES string of the molecule is CCOC(=O)CCCCCN(C)Cc1cccc(C)c1. The molecule has 0 aliphatic carbocycles. The number of carbonyl (C=O) groups is 1. The minimum Gasteiger partial charge on any atom is -0.466 e. The third kappa shape index (κ3) is 7.29. The molecule has 1 rings (SSSR count). The van der Waals surface area contributed by atoms with Gasteiger partial charge in [-0.15, -0.1) is 0 Å². The van der Waals surface area contributed by atoms with E-state index in [1.54, 1.807) is 0 Å². The van der Waals surface area contributed by atoms with E-state index in [4.69, 9.17) is 4.74 Å². The lowest BCUT2D eigenvalue weighted by molar-refractivity contribution is -0.143. The lowest BCUT2D eigenvalue weighted by atomic mass is 10.1. The second-order valence-electron chi connectivity index (χ2n) is 5.34. The molecule has 0 radical (unpaired) electrons. The van der Waals surface area contributed by atoms with Gasteiger partial charge in [-0.3, -0.25) is 4.79 Å². The highest BCUT2D eigenvalue weighted by Crippen LogP contribution is 2.08. The van der Waals surface area contributed by atoms with Crippen LogP contribution in [0.1, 0.15) is 43.7 Å². The van der Waals surface area contributed by atoms with Gasteiger partial charge in [0.05, 0.1) is 6.61 Å². The van der Waals surface area contributed by atoms with E-state index in [1.165, 1.54) is 11.1 Å². The fourth-order valence-electron chi connectivity index (χ4n) is 2.26. The Bertz CT molecular complexity index is 404. The van der Waals surface area contributed by atoms with Crippen molar-refractivity contribution in [3.63, 3.8) is 0 Å². The van der Waals surface area contributed by atoms with Crippen LogP contribution in [0.15, 0.2) is 24.3 Å². The lowest BCUT2D eigenvalue weighted by Gasteiger charge is -2.16. The third-order valence-corrected chi connectivity index (χ3v) is 3.26. The van der Waals surface area contributed by atoms with Crippen LogP contribution < -0.4 is 0 Å². The number of carbonyl (C=O) groups excluding carboxylic acids is 1. The van der Waals surface area contributed by atoms with Crippen LogP contribution in [-0.4, -0.2) is 31.1 Å². The van der Waals surface area contributed by atoms with E-state index in [0.717, 1.165) is 32.4 Å². The molecule has 0 saturated heterocycles. The summed E-state index contributed by atoms with van der Waals surface area (Å²) in [6.07, 6.45) is 3.69. The zero-order valence-electron chi connectivity index (χ0n) is 13.0. The number of hydrogen-bond acceptors (Lipinski definition) is 3. The molecule has 0 aliphatic heterocycles. The summed E-state index contributed by atoms with van der Waals surface area (Å²) in [6.45, 7) is 6.51. The highest BCUT2D eigenvalue weighted by atomic mass is 16.5. The number of benzene rings is 1. The molecule has 0 spiro atoms. The number of ether oxygens (including phenoxy) is 1. The Hall–Kier alpha value is -1.35. The highest BCUT2D eigenvalue weighted by molar-refractivity contribution is 5.69. The molecule has 0 fully saturated rings. The summed E-state index contributed by atoms with van der Waals surface area (Å²) >= 11 is 0. The van der Waals surface area contributed by atoms with Gasteiger partial charge in [-0.05, 0) is 45.8 Å². The Labute approximate surface area is 122 Å². The van der Waals surface area contributed by atoms with Crippen LogP contribution in [0.3, 0.4) is 0 Å². The first-order valence-corrected chi connectivity index (χ1v) is 7.51. The average Bonchev–Trinajstić information content (AvgIpc) is 2.38. The minimum absolute atomic E-state index is 0.0689. The van der Waals surface area contributed by atoms with Crippen molar-refractivity contribution >= 4 is 5.97 Å². The summed E-state index contributed by atoms with van der Waals surface area (Å²) in [5.74, 6) is -0.0689. The fourth-order valence-corrected chi connectivity index (χ4v) is 2.26. The first-order valence-electron chi connectivity index (χ1n) is 7.51. The van der Waals surface area contributed by atoms with E-state index in [-0.39, 0.29) is 5.97 Å². The van der Waals surface area contributed by atoms with E-state index < -0.39 is 0 Å². The largest absolute Gasteiger partial charge is 0.466 e. The first-order chi connectivity index (χ1) is 9.61. The molecule has 0 bridgehead atoms. The molecule has 0 aromatic heterocycles. The van der Waals surface area contributed by atoms with Crippen LogP contribution in [-0.2, 0) is 16.1 Å². The highest BCUT2D eigenvalue weighted by Gasteiger charge is 2.03. The van der Waals surface area contributed by atoms with Crippen LogP contribution in [0.25, 0.3) is 0 Å². The number of aryl methyl sites for hydroxylation is 1. The Balaban J connectivity index is 2.11. The monoisotopic (exact) mass is 277 g/mol. The summed E-state index contributed by atoms with van der Waals surface area (Å²) in [5, 5.41) is 0. The van der Waals surface area contributed by atoms with Gasteiger partial charge in [0.25, 0.3) is 0 Å². The van der Waals surface area contributed by atoms with Gasteiger partial charge in [-0.2, -0.15) is 0 Å². The second kappa shape index (κ2) is 9.54. The smallest absolute Gasteiger partial charge is 0.305 e. The predicted molar refractivity (Wildman–Crippen MR) is 82.6 cm³/mol. The number of rotatable bonds is 9. The molecule has 0 amide bonds. The topological polar surface area (TPSA) is 29.5 Å². The maximum absolute atomic E-state index is 11.2. The number of hydrogen-bond donors (Lipinski definition) is 0. The molecule has 3 nitrogen and oxygen atoms in total. The Morgan fingerprint density at radius 2 is 2.05 bits per heavy atom. The Morgan fingerprint density at radius 3 is 2.75 bits per heavy atom. The number of unbranched alkanes of at least 4 members (excludes halogenated alkanes) is 2. The number of nitrogens with zero attached hydrogens (tertiary/aromatic N) is 1. The van der Waals surface area contributed by atoms with Crippen molar-refractivity contribution in [2.75, 3.05) is 20.2 Å². The number of esters is 1. The first kappa shape index (κ1) is 16.7. The summed E-state index contributed by atoms with van der Waals surface area (Å²) < 4.78 is 4.91. The van der Waals surface area contributed by atoms with E-state index in [1.807, 2.05) is 6.92 Å². The molecule has 1 aromatic carbocycles. The summed E-state index contributed by atoms with van der Waals surface area (Å²) in [7, 11) is 2.15. The molecule has 0 heterocycles. The van der Waals surface area contributed by atoms with Gasteiger partial charge >= 0.3 is 5.97 Å². The van der Waals surface area contributed by atoms with Crippen molar-refractivity contribution in [1.82, 2.24) is 4.90 Å². The van der Waals surface area contributed by atoms with Crippen molar-refractivity contribution in [2.24, 2.45) is 0 Å². The van der Waals surface area contributed by atoms with Gasteiger partial charge in [0.1, 0.15) is 0 Å². The van der Waals surface area contributed by atoms with E-state index in [2.05, 4.69) is 43.1 Å². The lowest BCUT2D eigenvalue weighted by Crippen LogP contribution is -2.19. The Kier molecular flexibility index (Phi) is 7.97. The molecule has 0 unspecified atom stereocenters. The van der Waals surface area contributed by atoms with Gasteiger partial charge in [0.15, 0.2) is 0 Å². The van der Waals surface area contributed by atoms with Crippen LogP contribution in [0.2, 0.25) is 0 Å².